The van der Waals surface area contributed by atoms with Gasteiger partial charge < -0.3 is 9.40 Å². The van der Waals surface area contributed by atoms with E-state index in [4.69, 9.17) is 4.42 Å². The van der Waals surface area contributed by atoms with Gasteiger partial charge in [-0.1, -0.05) is 54.6 Å². The van der Waals surface area contributed by atoms with Gasteiger partial charge in [0.15, 0.2) is 5.82 Å². The van der Waals surface area contributed by atoms with Crippen molar-refractivity contribution in [2.75, 3.05) is 0 Å². The summed E-state index contributed by atoms with van der Waals surface area (Å²) >= 11 is 0. The molecule has 0 radical (unpaired) electrons. The second-order valence-corrected chi connectivity index (χ2v) is 9.06. The summed E-state index contributed by atoms with van der Waals surface area (Å²) in [6, 6.07) is 20.9. The Hall–Kier alpha value is -4.44. The number of para-hydroxylation sites is 1. The van der Waals surface area contributed by atoms with Crippen molar-refractivity contribution in [3.63, 3.8) is 0 Å². The number of nitrogens with zero attached hydrogens (tertiary/aromatic N) is 2. The fourth-order valence-corrected chi connectivity index (χ4v) is 5.37. The van der Waals surface area contributed by atoms with Crippen molar-refractivity contribution in [1.82, 2.24) is 15.0 Å². The molecule has 0 fully saturated rings. The van der Waals surface area contributed by atoms with Crippen molar-refractivity contribution < 1.29 is 4.42 Å². The van der Waals surface area contributed by atoms with E-state index < -0.39 is 0 Å². The number of fused-ring (bicyclic) bond motifs is 7. The topological polar surface area (TPSA) is 54.7 Å². The van der Waals surface area contributed by atoms with E-state index >= 15 is 0 Å². The quantitative estimate of drug-likeness (QED) is 0.298. The average molecular weight is 454 g/mol. The van der Waals surface area contributed by atoms with Gasteiger partial charge in [-0.15, -0.1) is 0 Å². The smallest absolute Gasteiger partial charge is 0.161 e. The van der Waals surface area contributed by atoms with Gasteiger partial charge in [0.25, 0.3) is 0 Å². The maximum Gasteiger partial charge on any atom is 0.161 e. The Balaban J connectivity index is 1.57. The molecule has 168 valence electrons. The second-order valence-electron chi connectivity index (χ2n) is 9.06. The molecule has 0 bridgehead atoms. The summed E-state index contributed by atoms with van der Waals surface area (Å²) in [5.74, 6) is 1.57. The molecule has 3 aromatic heterocycles. The number of allylic oxidation sites excluding steroid dienone is 1. The minimum Gasteiger partial charge on any atom is -0.460 e. The van der Waals surface area contributed by atoms with Crippen LogP contribution in [-0.4, -0.2) is 15.0 Å². The highest BCUT2D eigenvalue weighted by molar-refractivity contribution is 6.14. The van der Waals surface area contributed by atoms with E-state index in [2.05, 4.69) is 81.7 Å². The zero-order chi connectivity index (χ0) is 23.4. The van der Waals surface area contributed by atoms with Gasteiger partial charge in [0, 0.05) is 45.2 Å². The first-order valence-corrected chi connectivity index (χ1v) is 12.0. The highest BCUT2D eigenvalue weighted by Gasteiger charge is 2.22. The molecule has 4 heteroatoms. The van der Waals surface area contributed by atoms with Gasteiger partial charge in [0.2, 0.25) is 0 Å². The molecule has 0 spiro atoms. The predicted octanol–water partition coefficient (Wildman–Crippen LogP) is 7.71. The van der Waals surface area contributed by atoms with Crippen LogP contribution in [0.1, 0.15) is 40.4 Å². The molecular weight excluding hydrogens is 430 g/mol. The van der Waals surface area contributed by atoms with Crippen LogP contribution in [0.15, 0.2) is 83.6 Å². The predicted molar refractivity (Wildman–Crippen MR) is 143 cm³/mol. The maximum absolute atomic E-state index is 6.48. The lowest BCUT2D eigenvalue weighted by atomic mass is 9.87. The molecule has 0 saturated carbocycles. The number of aromatic nitrogens is 3. The molecule has 3 heterocycles. The van der Waals surface area contributed by atoms with Crippen molar-refractivity contribution in [2.45, 2.75) is 19.8 Å². The third kappa shape index (κ3) is 3.14. The Bertz CT molecular complexity index is 1770. The number of hydrogen-bond acceptors (Lipinski definition) is 3. The minimum atomic E-state index is 0.679. The summed E-state index contributed by atoms with van der Waals surface area (Å²) in [7, 11) is 0. The molecule has 1 aliphatic rings. The Morgan fingerprint density at radius 2 is 1.77 bits per heavy atom. The number of rotatable bonds is 3. The van der Waals surface area contributed by atoms with E-state index in [0.717, 1.165) is 57.3 Å². The summed E-state index contributed by atoms with van der Waals surface area (Å²) in [6.45, 7) is 2.05. The first-order valence-electron chi connectivity index (χ1n) is 12.0. The van der Waals surface area contributed by atoms with Crippen molar-refractivity contribution in [3.8, 4) is 0 Å². The van der Waals surface area contributed by atoms with Gasteiger partial charge in [-0.2, -0.15) is 0 Å². The van der Waals surface area contributed by atoms with E-state index in [9.17, 15) is 0 Å². The highest BCUT2D eigenvalue weighted by Crippen LogP contribution is 2.42. The molecule has 7 rings (SSSR count). The lowest BCUT2D eigenvalue weighted by Crippen LogP contribution is -1.98. The molecule has 0 unspecified atom stereocenters. The molecule has 1 aliphatic carbocycles. The molecule has 3 aromatic carbocycles. The number of H-pyrrole nitrogens is 1. The van der Waals surface area contributed by atoms with E-state index in [1.165, 1.54) is 21.9 Å². The summed E-state index contributed by atoms with van der Waals surface area (Å²) in [5, 5.41) is 4.77. The van der Waals surface area contributed by atoms with Crippen LogP contribution in [0.4, 0.5) is 0 Å². The normalized spacial score (nSPS) is 13.7. The van der Waals surface area contributed by atoms with Crippen molar-refractivity contribution >= 4 is 50.4 Å². The van der Waals surface area contributed by atoms with Crippen molar-refractivity contribution in [1.29, 1.82) is 0 Å². The van der Waals surface area contributed by atoms with E-state index in [-0.39, 0.29) is 0 Å². The fraction of sp³-hybridized carbons (Fsp3) is 0.0968. The minimum absolute atomic E-state index is 0.679. The SMILES string of the molecule is Cc1oc2c(c3c(c4ccccc42)CCC=C3)c1/C=C(/c1ncccn1)c1cc2ccccc2[nH]1. The second kappa shape index (κ2) is 7.81. The van der Waals surface area contributed by atoms with Crippen LogP contribution in [0.2, 0.25) is 0 Å². The van der Waals surface area contributed by atoms with Crippen LogP contribution < -0.4 is 0 Å². The molecule has 0 saturated heterocycles. The Kier molecular flexibility index (Phi) is 4.46. The lowest BCUT2D eigenvalue weighted by molar-refractivity contribution is 0.580. The molecule has 0 amide bonds. The summed E-state index contributed by atoms with van der Waals surface area (Å²) in [5.41, 5.74) is 7.69. The van der Waals surface area contributed by atoms with E-state index in [1.807, 2.05) is 19.1 Å². The molecule has 0 atom stereocenters. The van der Waals surface area contributed by atoms with Gasteiger partial charge in [-0.05, 0) is 60.6 Å². The number of furan rings is 1. The third-order valence-electron chi connectivity index (χ3n) is 6.98. The van der Waals surface area contributed by atoms with E-state index in [0.29, 0.717) is 5.82 Å². The Morgan fingerprint density at radius 3 is 2.63 bits per heavy atom. The Morgan fingerprint density at radius 1 is 0.971 bits per heavy atom. The summed E-state index contributed by atoms with van der Waals surface area (Å²) in [4.78, 5) is 12.8. The maximum atomic E-state index is 6.48. The first-order chi connectivity index (χ1) is 17.3. The van der Waals surface area contributed by atoms with Gasteiger partial charge in [-0.3, -0.25) is 0 Å². The van der Waals surface area contributed by atoms with Crippen LogP contribution in [-0.2, 0) is 6.42 Å². The highest BCUT2D eigenvalue weighted by atomic mass is 16.3. The number of aromatic amines is 1. The molecule has 1 N–H and O–H groups in total. The van der Waals surface area contributed by atoms with Gasteiger partial charge >= 0.3 is 0 Å². The standard InChI is InChI=1S/C31H23N3O/c1-19-25(29-23-12-5-3-10-21(23)22-11-4-6-13-24(22)30(29)35-19)18-26(31-32-15-8-16-33-31)28-17-20-9-2-7-14-27(20)34-28/h2,4-9,11-18,34H,3,10H2,1H3/b26-18+. The fourth-order valence-electron chi connectivity index (χ4n) is 5.37. The molecule has 35 heavy (non-hydrogen) atoms. The summed E-state index contributed by atoms with van der Waals surface area (Å²) in [6.07, 6.45) is 12.4. The number of benzene rings is 3. The zero-order valence-corrected chi connectivity index (χ0v) is 19.4. The third-order valence-corrected chi connectivity index (χ3v) is 6.98. The van der Waals surface area contributed by atoms with Crippen LogP contribution in [0.25, 0.3) is 50.4 Å². The van der Waals surface area contributed by atoms with Crippen LogP contribution in [0.3, 0.4) is 0 Å². The van der Waals surface area contributed by atoms with Crippen LogP contribution in [0, 0.1) is 6.92 Å². The first kappa shape index (κ1) is 20.0. The van der Waals surface area contributed by atoms with Gasteiger partial charge in [-0.25, -0.2) is 9.97 Å². The number of nitrogens with one attached hydrogen (secondary N) is 1. The summed E-state index contributed by atoms with van der Waals surface area (Å²) < 4.78 is 6.48. The van der Waals surface area contributed by atoms with Gasteiger partial charge in [0.05, 0.1) is 5.69 Å². The molecule has 4 nitrogen and oxygen atoms in total. The van der Waals surface area contributed by atoms with Crippen molar-refractivity contribution in [2.24, 2.45) is 0 Å². The van der Waals surface area contributed by atoms with E-state index in [1.54, 1.807) is 12.4 Å². The van der Waals surface area contributed by atoms with Gasteiger partial charge in [0.1, 0.15) is 11.3 Å². The number of hydrogen-bond donors (Lipinski definition) is 1. The van der Waals surface area contributed by atoms with Crippen molar-refractivity contribution in [3.05, 3.63) is 113 Å². The average Bonchev–Trinajstić information content (AvgIpc) is 3.49. The monoisotopic (exact) mass is 453 g/mol. The van der Waals surface area contributed by atoms with Crippen LogP contribution in [0.5, 0.6) is 0 Å². The zero-order valence-electron chi connectivity index (χ0n) is 19.4. The lowest BCUT2D eigenvalue weighted by Gasteiger charge is -2.16. The van der Waals surface area contributed by atoms with Crippen LogP contribution >= 0.6 is 0 Å². The number of aryl methyl sites for hydroxylation is 2. The largest absolute Gasteiger partial charge is 0.460 e. The molecular formula is C31H23N3O. The molecule has 6 aromatic rings. The molecule has 0 aliphatic heterocycles. The Labute approximate surface area is 202 Å².